The summed E-state index contributed by atoms with van der Waals surface area (Å²) >= 11 is 0. The van der Waals surface area contributed by atoms with Crippen molar-refractivity contribution < 1.29 is 0 Å². The molecule has 6 heteroatoms. The van der Waals surface area contributed by atoms with E-state index >= 15 is 0 Å². The third kappa shape index (κ3) is 17.2. The largest absolute Gasteiger partial charge is 0.0867 e. The van der Waals surface area contributed by atoms with Gasteiger partial charge < -0.3 is 0 Å². The van der Waals surface area contributed by atoms with Crippen molar-refractivity contribution in [1.82, 2.24) is 0 Å². The van der Waals surface area contributed by atoms with Crippen molar-refractivity contribution in [2.45, 2.75) is 118 Å². The Hall–Kier alpha value is -7.28. The maximum absolute atomic E-state index is 2.63. The summed E-state index contributed by atoms with van der Waals surface area (Å²) in [6.07, 6.45) is 0. The summed E-state index contributed by atoms with van der Waals surface area (Å²) in [4.78, 5) is 0. The van der Waals surface area contributed by atoms with E-state index in [0.717, 1.165) is 0 Å². The second-order valence-electron chi connectivity index (χ2n) is 31.7. The molecule has 0 aliphatic heterocycles. The molecular weight excluding hydrogens is 1180 g/mol. The average Bonchev–Trinajstić information content (AvgIpc) is 2.02. The van der Waals surface area contributed by atoms with E-state index in [-0.39, 0.29) is 0 Å². The molecule has 0 unspecified atom stereocenters. The molecule has 456 valence electrons. The van der Waals surface area contributed by atoms with Gasteiger partial charge in [0.05, 0.1) is 48.4 Å². The molecule has 0 nitrogen and oxygen atoms in total. The Bertz CT molecular complexity index is 4210. The highest BCUT2D eigenvalue weighted by Crippen LogP contribution is 2.23. The number of benzene rings is 9. The van der Waals surface area contributed by atoms with Crippen LogP contribution in [0.3, 0.4) is 0 Å². The summed E-state index contributed by atoms with van der Waals surface area (Å²) in [6, 6.07) is 83.9. The van der Waals surface area contributed by atoms with Crippen molar-refractivity contribution in [3.05, 3.63) is 250 Å². The van der Waals surface area contributed by atoms with Crippen LogP contribution >= 0.6 is 0 Å². The van der Waals surface area contributed by atoms with Gasteiger partial charge in [-0.3, -0.25) is 0 Å². The molecule has 0 fully saturated rings. The smallest absolute Gasteiger partial charge is 0.0695 e. The third-order valence-corrected chi connectivity index (χ3v) is 23.1. The summed E-state index contributed by atoms with van der Waals surface area (Å²) in [7, 11) is -10.1. The molecule has 0 N–H and O–H groups in total. The second-order valence-corrected chi connectivity index (χ2v) is 61.9. The van der Waals surface area contributed by atoms with Crippen LogP contribution < -0.4 is 31.3 Å². The van der Waals surface area contributed by atoms with Crippen molar-refractivity contribution in [3.63, 3.8) is 0 Å². The van der Waals surface area contributed by atoms with Gasteiger partial charge in [-0.15, -0.1) is 0 Å². The lowest BCUT2D eigenvalue weighted by Gasteiger charge is -2.12. The lowest BCUT2D eigenvalue weighted by atomic mass is 10.1. The molecule has 22 aromatic carbocycles. The predicted octanol–water partition coefficient (Wildman–Crippen LogP) is 21.1. The number of hydrogen-bond acceptors (Lipinski definition) is 0. The first-order valence-corrected chi connectivity index (χ1v) is 54.1. The minimum absolute atomic E-state index is 1.22. The molecular formula is C84H96Si6. The molecule has 0 aliphatic rings. The Morgan fingerprint density at radius 3 is 0.256 bits per heavy atom. The van der Waals surface area contributed by atoms with E-state index in [9.17, 15) is 0 Å². The highest BCUT2D eigenvalue weighted by atomic mass is 28.3. The molecule has 0 radical (unpaired) electrons. The minimum Gasteiger partial charge on any atom is -0.0867 e. The number of rotatable bonds is 6. The van der Waals surface area contributed by atoms with E-state index in [1.165, 1.54) is 128 Å². The topological polar surface area (TPSA) is 0 Å². The van der Waals surface area contributed by atoms with Crippen molar-refractivity contribution in [2.24, 2.45) is 0 Å². The summed E-state index contributed by atoms with van der Waals surface area (Å²) in [5.41, 5.74) is 15.8. The molecule has 0 aliphatic carbocycles. The Morgan fingerprint density at radius 1 is 0.122 bits per heavy atom. The van der Waals surface area contributed by atoms with Gasteiger partial charge in [-0.2, -0.15) is 0 Å². The zero-order chi connectivity index (χ0) is 64.6. The van der Waals surface area contributed by atoms with E-state index < -0.39 is 48.4 Å². The van der Waals surface area contributed by atoms with Crippen LogP contribution in [-0.2, 0) is 0 Å². The van der Waals surface area contributed by atoms with Crippen LogP contribution in [0.4, 0.5) is 0 Å². The first-order valence-electron chi connectivity index (χ1n) is 32.6. The van der Waals surface area contributed by atoms with Gasteiger partial charge in [0.1, 0.15) is 0 Å². The Balaban J connectivity index is 1.25. The molecule has 0 amide bonds. The summed E-state index contributed by atoms with van der Waals surface area (Å²) in [6.45, 7) is 44.3. The van der Waals surface area contributed by atoms with Crippen molar-refractivity contribution >= 4 is 180 Å². The van der Waals surface area contributed by atoms with Crippen LogP contribution in [0.2, 0.25) is 118 Å². The van der Waals surface area contributed by atoms with Gasteiger partial charge in [0.15, 0.2) is 0 Å². The fourth-order valence-corrected chi connectivity index (χ4v) is 19.2. The van der Waals surface area contributed by atoms with Crippen molar-refractivity contribution in [1.29, 1.82) is 0 Å². The molecule has 0 atom stereocenters. The maximum Gasteiger partial charge on any atom is 0.0695 e. The van der Waals surface area contributed by atoms with E-state index in [2.05, 4.69) is 370 Å². The van der Waals surface area contributed by atoms with Gasteiger partial charge >= 0.3 is 0 Å². The van der Waals surface area contributed by atoms with E-state index in [1.54, 1.807) is 0 Å². The van der Waals surface area contributed by atoms with Crippen LogP contribution in [0.25, 0.3) is 131 Å². The van der Waals surface area contributed by atoms with Crippen molar-refractivity contribution in [2.75, 3.05) is 0 Å². The average molecular weight is 1270 g/mol. The predicted molar refractivity (Wildman–Crippen MR) is 428 cm³/mol. The molecule has 90 heavy (non-hydrogen) atoms. The summed E-state index contributed by atoms with van der Waals surface area (Å²) in [5, 5.41) is 30.4. The van der Waals surface area contributed by atoms with Gasteiger partial charge in [-0.1, -0.05) is 370 Å². The monoisotopic (exact) mass is 1270 g/mol. The standard InChI is InChI=1S/C84H96Si6/c1-85(2,3)55-79-73-43-31-67(32-44-73)61-19-21-63(22-20-61)69-35-47-75(48-36-69)81(57-87(7,8)9)83(59-89(13,14)15)77-51-39-71(40-52-77)65-27-29-66(30-28-65)72-41-53-78(54-42-72)84(60-90(16,17)18)82(58-88(10,11)12)76-49-37-70(38-50-76)64-25-23-62(24-26-64)68-33-45-74(46-34-68)80(79)56-86(4,5)6/h19-60H,1-18H3/b79-55+,80-56+,81-57+,82-58+,83-59+,84-60+. The van der Waals surface area contributed by atoms with Gasteiger partial charge in [-0.25, -0.2) is 0 Å². The molecule has 0 aromatic heterocycles. The Morgan fingerprint density at radius 2 is 0.189 bits per heavy atom. The van der Waals surface area contributed by atoms with Gasteiger partial charge in [0, 0.05) is 0 Å². The first-order chi connectivity index (χ1) is 42.3. The van der Waals surface area contributed by atoms with Gasteiger partial charge in [0.25, 0.3) is 0 Å². The van der Waals surface area contributed by atoms with Gasteiger partial charge in [-0.05, 0) is 128 Å². The van der Waals surface area contributed by atoms with Crippen LogP contribution in [0.1, 0.15) is 0 Å². The number of fused-ring (bicyclic) bond motifs is 3. The van der Waals surface area contributed by atoms with Crippen molar-refractivity contribution in [3.8, 4) is 0 Å². The molecule has 0 heterocycles. The van der Waals surface area contributed by atoms with E-state index in [4.69, 9.17) is 0 Å². The number of hydrogen-bond donors (Lipinski definition) is 0. The lowest BCUT2D eigenvalue weighted by Crippen LogP contribution is -2.34. The Kier molecular flexibility index (Phi) is 19.1. The molecule has 22 rings (SSSR count). The quantitative estimate of drug-likeness (QED) is 0.146. The first kappa shape index (κ1) is 65.7. The molecule has 18 bridgehead atoms. The fourth-order valence-electron chi connectivity index (χ4n) is 12.1. The fraction of sp³-hybridized carbons (Fsp3) is 0.214. The zero-order valence-corrected chi connectivity index (χ0v) is 63.2. The molecule has 22 aromatic rings. The van der Waals surface area contributed by atoms with E-state index in [1.807, 2.05) is 0 Å². The second kappa shape index (κ2) is 26.1. The van der Waals surface area contributed by atoms with Gasteiger partial charge in [0.2, 0.25) is 0 Å². The lowest BCUT2D eigenvalue weighted by molar-refractivity contribution is 1.63. The highest BCUT2D eigenvalue weighted by Gasteiger charge is 2.16. The molecule has 0 saturated carbocycles. The van der Waals surface area contributed by atoms with Crippen LogP contribution in [0, 0.1) is 0 Å². The van der Waals surface area contributed by atoms with Crippen LogP contribution in [0.5, 0.6) is 0 Å². The normalized spacial score (nSPS) is 14.1. The zero-order valence-electron chi connectivity index (χ0n) is 57.2. The van der Waals surface area contributed by atoms with E-state index in [0.29, 0.717) is 0 Å². The third-order valence-electron chi connectivity index (χ3n) is 16.2. The SMILES string of the molecule is C[Si](C)(C)/C=c1/c(=C/[Si](C)(C)C)c2ccc(cc2)c2ccc(cc2)c2ccc(cc2)c(=C\[Si](C)(C)C)/c(=C/[Si](C)(C)C)c2ccc(cc2)c2ccc(cc2)c2ccc(cc2)c(=C\[Si](C)(C)C)/c(=C/[Si](C)(C)C)c2ccc(cc2)c2ccc(cc2)c2ccc1cc2. The molecule has 0 saturated heterocycles. The van der Waals surface area contributed by atoms with Crippen LogP contribution in [-0.4, -0.2) is 48.4 Å². The Labute approximate surface area is 543 Å². The minimum atomic E-state index is -1.69. The molecule has 0 spiro atoms. The maximum atomic E-state index is 2.63. The highest BCUT2D eigenvalue weighted by molar-refractivity contribution is 6.91. The summed E-state index contributed by atoms with van der Waals surface area (Å²) < 4.78 is 0. The van der Waals surface area contributed by atoms with Crippen LogP contribution in [0.15, 0.2) is 218 Å². The summed E-state index contributed by atoms with van der Waals surface area (Å²) in [5.74, 6) is 0.